The van der Waals surface area contributed by atoms with Crippen LogP contribution in [0, 0.1) is 5.82 Å². The van der Waals surface area contributed by atoms with Gasteiger partial charge >= 0.3 is 0 Å². The van der Waals surface area contributed by atoms with Crippen LogP contribution in [-0.2, 0) is 14.8 Å². The molecule has 1 aliphatic heterocycles. The van der Waals surface area contributed by atoms with E-state index in [9.17, 15) is 17.6 Å². The molecule has 7 heteroatoms. The van der Waals surface area contributed by atoms with E-state index in [-0.39, 0.29) is 10.2 Å². The summed E-state index contributed by atoms with van der Waals surface area (Å²) in [7, 11) is -3.71. The first-order valence-corrected chi connectivity index (χ1v) is 6.97. The quantitative estimate of drug-likeness (QED) is 0.795. The van der Waals surface area contributed by atoms with E-state index in [1.165, 1.54) is 19.9 Å². The van der Waals surface area contributed by atoms with Gasteiger partial charge in [-0.2, -0.15) is 0 Å². The number of rotatable bonds is 1. The Morgan fingerprint density at radius 1 is 1.35 bits per heavy atom. The molecule has 0 saturated carbocycles. The number of anilines is 1. The molecule has 1 heterocycles. The minimum atomic E-state index is -3.71. The van der Waals surface area contributed by atoms with Crippen molar-refractivity contribution in [2.24, 2.45) is 0 Å². The van der Waals surface area contributed by atoms with Crippen molar-refractivity contribution >= 4 is 37.5 Å². The Labute approximate surface area is 107 Å². The zero-order valence-corrected chi connectivity index (χ0v) is 11.5. The topological polar surface area (TPSA) is 54.5 Å². The molecule has 1 saturated heterocycles. The van der Waals surface area contributed by atoms with Crippen LogP contribution < -0.4 is 4.31 Å². The van der Waals surface area contributed by atoms with Crippen molar-refractivity contribution in [2.45, 2.75) is 18.6 Å². The van der Waals surface area contributed by atoms with Gasteiger partial charge in [-0.1, -0.05) is 0 Å². The predicted molar refractivity (Wildman–Crippen MR) is 64.6 cm³/mol. The van der Waals surface area contributed by atoms with Crippen molar-refractivity contribution in [1.29, 1.82) is 0 Å². The van der Waals surface area contributed by atoms with Gasteiger partial charge < -0.3 is 0 Å². The molecule has 0 N–H and O–H groups in total. The third kappa shape index (κ3) is 1.52. The van der Waals surface area contributed by atoms with Crippen LogP contribution in [0.15, 0.2) is 22.7 Å². The van der Waals surface area contributed by atoms with Crippen LogP contribution in [0.1, 0.15) is 13.8 Å². The Bertz CT molecular complexity index is 612. The summed E-state index contributed by atoms with van der Waals surface area (Å²) in [6, 6.07) is 3.47. The van der Waals surface area contributed by atoms with E-state index < -0.39 is 26.5 Å². The molecule has 2 rings (SSSR count). The predicted octanol–water partition coefficient (Wildman–Crippen LogP) is 2.04. The lowest BCUT2D eigenvalue weighted by atomic mass is 10.1. The van der Waals surface area contributed by atoms with Gasteiger partial charge in [0, 0.05) is 4.47 Å². The Balaban J connectivity index is 2.55. The molecular formula is C10H9BrFNO3S. The zero-order valence-electron chi connectivity index (χ0n) is 9.07. The number of sulfonamides is 1. The fourth-order valence-electron chi connectivity index (χ4n) is 1.54. The highest BCUT2D eigenvalue weighted by molar-refractivity contribution is 9.10. The van der Waals surface area contributed by atoms with Gasteiger partial charge in [0.2, 0.25) is 0 Å². The molecule has 0 bridgehead atoms. The van der Waals surface area contributed by atoms with Gasteiger partial charge in [0.05, 0.1) is 5.69 Å². The van der Waals surface area contributed by atoms with Crippen LogP contribution in [0.3, 0.4) is 0 Å². The lowest BCUT2D eigenvalue weighted by molar-refractivity contribution is -0.120. The van der Waals surface area contributed by atoms with E-state index in [2.05, 4.69) is 15.9 Å². The molecule has 0 aromatic heterocycles. The maximum atomic E-state index is 12.9. The van der Waals surface area contributed by atoms with E-state index in [0.29, 0.717) is 4.31 Å². The zero-order chi connectivity index (χ0) is 13.0. The fraction of sp³-hybridized carbons (Fsp3) is 0.300. The standard InChI is InChI=1S/C10H9BrFNO3S/c1-10(2)9(14)13(17(10,15)16)8-4-3-6(12)5-7(8)11/h3-5H,1-2H3. The lowest BCUT2D eigenvalue weighted by Gasteiger charge is -2.43. The van der Waals surface area contributed by atoms with E-state index in [1.807, 2.05) is 0 Å². The summed E-state index contributed by atoms with van der Waals surface area (Å²) < 4.78 is 36.2. The molecule has 0 spiro atoms. The van der Waals surface area contributed by atoms with Crippen LogP contribution in [0.25, 0.3) is 0 Å². The summed E-state index contributed by atoms with van der Waals surface area (Å²) in [6.45, 7) is 2.69. The number of hydrogen-bond donors (Lipinski definition) is 0. The fourth-order valence-corrected chi connectivity index (χ4v) is 3.68. The highest BCUT2D eigenvalue weighted by Gasteiger charge is 2.61. The molecule has 1 aliphatic rings. The second kappa shape index (κ2) is 3.52. The maximum Gasteiger partial charge on any atom is 0.263 e. The third-order valence-electron chi connectivity index (χ3n) is 2.71. The number of amides is 1. The summed E-state index contributed by atoms with van der Waals surface area (Å²) in [5, 5.41) is 0. The molecule has 0 aliphatic carbocycles. The number of hydrogen-bond acceptors (Lipinski definition) is 3. The SMILES string of the molecule is CC1(C)C(=O)N(c2ccc(F)cc2Br)S1(=O)=O. The van der Waals surface area contributed by atoms with Crippen molar-refractivity contribution < 1.29 is 17.6 Å². The molecule has 0 atom stereocenters. The van der Waals surface area contributed by atoms with Crippen LogP contribution in [0.4, 0.5) is 10.1 Å². The molecule has 4 nitrogen and oxygen atoms in total. The number of halogens is 2. The van der Waals surface area contributed by atoms with Gasteiger partial charge in [-0.05, 0) is 48.0 Å². The van der Waals surface area contributed by atoms with Crippen molar-refractivity contribution in [3.8, 4) is 0 Å². The number of carbonyl (C=O) groups excluding carboxylic acids is 1. The molecule has 1 aromatic carbocycles. The first kappa shape index (κ1) is 12.5. The van der Waals surface area contributed by atoms with Crippen molar-refractivity contribution in [2.75, 3.05) is 4.31 Å². The van der Waals surface area contributed by atoms with E-state index in [0.717, 1.165) is 12.1 Å². The number of nitrogens with zero attached hydrogens (tertiary/aromatic N) is 1. The van der Waals surface area contributed by atoms with Gasteiger partial charge in [-0.3, -0.25) is 4.79 Å². The number of benzene rings is 1. The average Bonchev–Trinajstić information content (AvgIpc) is 2.21. The number of carbonyl (C=O) groups is 1. The molecule has 0 unspecified atom stereocenters. The largest absolute Gasteiger partial charge is 0.272 e. The summed E-state index contributed by atoms with van der Waals surface area (Å²) in [5.41, 5.74) is 0.135. The monoisotopic (exact) mass is 321 g/mol. The molecule has 0 radical (unpaired) electrons. The van der Waals surface area contributed by atoms with Crippen LogP contribution >= 0.6 is 15.9 Å². The highest BCUT2D eigenvalue weighted by Crippen LogP contribution is 2.41. The Morgan fingerprint density at radius 2 is 1.94 bits per heavy atom. The highest BCUT2D eigenvalue weighted by atomic mass is 79.9. The molecule has 17 heavy (non-hydrogen) atoms. The first-order chi connectivity index (χ1) is 7.69. The molecular weight excluding hydrogens is 313 g/mol. The van der Waals surface area contributed by atoms with Gasteiger partial charge in [0.1, 0.15) is 5.82 Å². The second-order valence-electron chi connectivity index (χ2n) is 4.18. The average molecular weight is 322 g/mol. The van der Waals surface area contributed by atoms with Gasteiger partial charge in [0.15, 0.2) is 4.75 Å². The third-order valence-corrected chi connectivity index (χ3v) is 5.66. The van der Waals surface area contributed by atoms with Gasteiger partial charge in [-0.25, -0.2) is 17.1 Å². The van der Waals surface area contributed by atoms with E-state index >= 15 is 0 Å². The minimum Gasteiger partial charge on any atom is -0.272 e. The molecule has 1 amide bonds. The van der Waals surface area contributed by atoms with Crippen molar-refractivity contribution in [3.63, 3.8) is 0 Å². The second-order valence-corrected chi connectivity index (χ2v) is 7.37. The van der Waals surface area contributed by atoms with E-state index in [4.69, 9.17) is 0 Å². The Kier molecular flexibility index (Phi) is 2.59. The van der Waals surface area contributed by atoms with E-state index in [1.54, 1.807) is 0 Å². The van der Waals surface area contributed by atoms with Crippen molar-refractivity contribution in [3.05, 3.63) is 28.5 Å². The lowest BCUT2D eigenvalue weighted by Crippen LogP contribution is -2.67. The summed E-state index contributed by atoms with van der Waals surface area (Å²) in [6.07, 6.45) is 0. The summed E-state index contributed by atoms with van der Waals surface area (Å²) in [5.74, 6) is -1.03. The molecule has 1 fully saturated rings. The summed E-state index contributed by atoms with van der Waals surface area (Å²) in [4.78, 5) is 11.8. The van der Waals surface area contributed by atoms with Crippen LogP contribution in [0.2, 0.25) is 0 Å². The first-order valence-electron chi connectivity index (χ1n) is 4.74. The molecule has 1 aromatic rings. The van der Waals surface area contributed by atoms with Crippen LogP contribution in [0.5, 0.6) is 0 Å². The van der Waals surface area contributed by atoms with Crippen molar-refractivity contribution in [1.82, 2.24) is 0 Å². The smallest absolute Gasteiger partial charge is 0.263 e. The van der Waals surface area contributed by atoms with Crippen LogP contribution in [-0.4, -0.2) is 19.1 Å². The Morgan fingerprint density at radius 3 is 2.41 bits per heavy atom. The normalized spacial score (nSPS) is 21.2. The van der Waals surface area contributed by atoms with Gasteiger partial charge in [0.25, 0.3) is 15.9 Å². The maximum absolute atomic E-state index is 12.9. The summed E-state index contributed by atoms with van der Waals surface area (Å²) >= 11 is 3.04. The Hall–Kier alpha value is -0.950. The molecule has 92 valence electrons. The minimum absolute atomic E-state index is 0.135. The van der Waals surface area contributed by atoms with Gasteiger partial charge in [-0.15, -0.1) is 0 Å².